The number of hydrogen-bond donors (Lipinski definition) is 1. The maximum atomic E-state index is 13.6. The summed E-state index contributed by atoms with van der Waals surface area (Å²) in [5.41, 5.74) is 0.107. The number of carbonyl (C=O) groups is 1. The van der Waals surface area contributed by atoms with Crippen molar-refractivity contribution < 1.29 is 9.18 Å². The SMILES string of the molecule is CCCN1CCC(NC(=O)c2cc(Br)ccc2F)CC1. The van der Waals surface area contributed by atoms with Crippen molar-refractivity contribution in [1.29, 1.82) is 0 Å². The minimum absolute atomic E-state index is 0.107. The molecule has 1 aliphatic heterocycles. The first kappa shape index (κ1) is 15.4. The Labute approximate surface area is 127 Å². The molecule has 1 amide bonds. The zero-order valence-corrected chi connectivity index (χ0v) is 13.2. The zero-order chi connectivity index (χ0) is 14.5. The third kappa shape index (κ3) is 4.03. The zero-order valence-electron chi connectivity index (χ0n) is 11.7. The van der Waals surface area contributed by atoms with Gasteiger partial charge in [0, 0.05) is 23.6 Å². The van der Waals surface area contributed by atoms with Crippen LogP contribution in [0.25, 0.3) is 0 Å². The molecule has 1 N–H and O–H groups in total. The van der Waals surface area contributed by atoms with Gasteiger partial charge in [-0.2, -0.15) is 0 Å². The standard InChI is InChI=1S/C15H20BrFN2O/c1-2-7-19-8-5-12(6-9-19)18-15(20)13-10-11(16)3-4-14(13)17/h3-4,10,12H,2,5-9H2,1H3,(H,18,20). The van der Waals surface area contributed by atoms with E-state index in [2.05, 4.69) is 33.1 Å². The molecule has 0 bridgehead atoms. The predicted octanol–water partition coefficient (Wildman–Crippen LogP) is 3.19. The van der Waals surface area contributed by atoms with Crippen molar-refractivity contribution in [2.45, 2.75) is 32.2 Å². The molecule has 0 spiro atoms. The van der Waals surface area contributed by atoms with Crippen LogP contribution in [0.2, 0.25) is 0 Å². The maximum absolute atomic E-state index is 13.6. The van der Waals surface area contributed by atoms with Gasteiger partial charge in [-0.25, -0.2) is 4.39 Å². The van der Waals surface area contributed by atoms with Crippen LogP contribution in [-0.2, 0) is 0 Å². The van der Waals surface area contributed by atoms with Crippen LogP contribution in [0.5, 0.6) is 0 Å². The Kier molecular flexibility index (Phi) is 5.54. The Bertz CT molecular complexity index is 473. The van der Waals surface area contributed by atoms with Gasteiger partial charge in [0.25, 0.3) is 5.91 Å². The van der Waals surface area contributed by atoms with Gasteiger partial charge in [-0.05, 0) is 44.0 Å². The van der Waals surface area contributed by atoms with E-state index >= 15 is 0 Å². The van der Waals surface area contributed by atoms with Gasteiger partial charge in [0.1, 0.15) is 5.82 Å². The van der Waals surface area contributed by atoms with Crippen molar-refractivity contribution in [3.63, 3.8) is 0 Å². The molecule has 0 radical (unpaired) electrons. The molecule has 3 nitrogen and oxygen atoms in total. The third-order valence-corrected chi connectivity index (χ3v) is 4.13. The number of amides is 1. The van der Waals surface area contributed by atoms with E-state index in [1.165, 1.54) is 12.1 Å². The van der Waals surface area contributed by atoms with E-state index in [4.69, 9.17) is 0 Å². The van der Waals surface area contributed by atoms with E-state index in [1.807, 2.05) is 0 Å². The monoisotopic (exact) mass is 342 g/mol. The summed E-state index contributed by atoms with van der Waals surface area (Å²) in [6.07, 6.45) is 3.02. The van der Waals surface area contributed by atoms with Crippen molar-refractivity contribution in [3.8, 4) is 0 Å². The molecular formula is C15H20BrFN2O. The molecule has 0 unspecified atom stereocenters. The number of benzene rings is 1. The van der Waals surface area contributed by atoms with Gasteiger partial charge in [-0.1, -0.05) is 22.9 Å². The van der Waals surface area contributed by atoms with Crippen LogP contribution >= 0.6 is 15.9 Å². The first-order valence-corrected chi connectivity index (χ1v) is 7.87. The van der Waals surface area contributed by atoms with Gasteiger partial charge in [0.05, 0.1) is 5.56 Å². The number of rotatable bonds is 4. The van der Waals surface area contributed by atoms with Crippen LogP contribution in [0.4, 0.5) is 4.39 Å². The second-order valence-corrected chi connectivity index (χ2v) is 6.13. The summed E-state index contributed by atoms with van der Waals surface area (Å²) >= 11 is 3.26. The largest absolute Gasteiger partial charge is 0.349 e. The lowest BCUT2D eigenvalue weighted by Crippen LogP contribution is -2.44. The summed E-state index contributed by atoms with van der Waals surface area (Å²) in [5, 5.41) is 2.94. The summed E-state index contributed by atoms with van der Waals surface area (Å²) in [5.74, 6) is -0.799. The van der Waals surface area contributed by atoms with Gasteiger partial charge in [-0.15, -0.1) is 0 Å². The molecule has 110 valence electrons. The molecule has 1 aromatic carbocycles. The van der Waals surface area contributed by atoms with Crippen LogP contribution in [0.15, 0.2) is 22.7 Å². The molecule has 1 heterocycles. The third-order valence-electron chi connectivity index (χ3n) is 3.64. The highest BCUT2D eigenvalue weighted by molar-refractivity contribution is 9.10. The second-order valence-electron chi connectivity index (χ2n) is 5.21. The van der Waals surface area contributed by atoms with Gasteiger partial charge >= 0.3 is 0 Å². The summed E-state index contributed by atoms with van der Waals surface area (Å²) in [6.45, 7) is 5.28. The summed E-state index contributed by atoms with van der Waals surface area (Å²) in [6, 6.07) is 4.57. The molecule has 1 aliphatic rings. The van der Waals surface area contributed by atoms with E-state index in [0.29, 0.717) is 4.47 Å². The minimum Gasteiger partial charge on any atom is -0.349 e. The van der Waals surface area contributed by atoms with Crippen LogP contribution in [-0.4, -0.2) is 36.5 Å². The number of nitrogens with zero attached hydrogens (tertiary/aromatic N) is 1. The van der Waals surface area contributed by atoms with E-state index in [-0.39, 0.29) is 17.5 Å². The van der Waals surface area contributed by atoms with Crippen LogP contribution in [0.3, 0.4) is 0 Å². The number of carbonyl (C=O) groups excluding carboxylic acids is 1. The number of piperidine rings is 1. The quantitative estimate of drug-likeness (QED) is 0.911. The number of nitrogens with one attached hydrogen (secondary N) is 1. The molecule has 2 rings (SSSR count). The molecule has 20 heavy (non-hydrogen) atoms. The Hall–Kier alpha value is -0.940. The first-order chi connectivity index (χ1) is 9.60. The fraction of sp³-hybridized carbons (Fsp3) is 0.533. The summed E-state index contributed by atoms with van der Waals surface area (Å²) in [7, 11) is 0. The predicted molar refractivity (Wildman–Crippen MR) is 81.3 cm³/mol. The summed E-state index contributed by atoms with van der Waals surface area (Å²) < 4.78 is 14.4. The second kappa shape index (κ2) is 7.18. The van der Waals surface area contributed by atoms with Crippen LogP contribution < -0.4 is 5.32 Å². The average molecular weight is 343 g/mol. The lowest BCUT2D eigenvalue weighted by atomic mass is 10.0. The summed E-state index contributed by atoms with van der Waals surface area (Å²) in [4.78, 5) is 14.5. The molecule has 0 saturated carbocycles. The van der Waals surface area contributed by atoms with E-state index in [1.54, 1.807) is 6.07 Å². The molecule has 1 aromatic rings. The molecule has 5 heteroatoms. The Balaban J connectivity index is 1.91. The van der Waals surface area contributed by atoms with Crippen LogP contribution in [0, 0.1) is 5.82 Å². The first-order valence-electron chi connectivity index (χ1n) is 7.08. The van der Waals surface area contributed by atoms with Gasteiger partial charge < -0.3 is 10.2 Å². The molecular weight excluding hydrogens is 323 g/mol. The highest BCUT2D eigenvalue weighted by Gasteiger charge is 2.21. The highest BCUT2D eigenvalue weighted by atomic mass is 79.9. The smallest absolute Gasteiger partial charge is 0.254 e. The van der Waals surface area contributed by atoms with Gasteiger partial charge in [0.15, 0.2) is 0 Å². The molecule has 0 aliphatic carbocycles. The lowest BCUT2D eigenvalue weighted by Gasteiger charge is -2.32. The van der Waals surface area contributed by atoms with Crippen molar-refractivity contribution in [1.82, 2.24) is 10.2 Å². The Morgan fingerprint density at radius 1 is 1.45 bits per heavy atom. The molecule has 0 aromatic heterocycles. The molecule has 1 saturated heterocycles. The van der Waals surface area contributed by atoms with Crippen molar-refractivity contribution in [2.24, 2.45) is 0 Å². The average Bonchev–Trinajstić information content (AvgIpc) is 2.44. The molecule has 1 fully saturated rings. The maximum Gasteiger partial charge on any atom is 0.254 e. The van der Waals surface area contributed by atoms with Gasteiger partial charge in [0.2, 0.25) is 0 Å². The van der Waals surface area contributed by atoms with Gasteiger partial charge in [-0.3, -0.25) is 4.79 Å². The van der Waals surface area contributed by atoms with E-state index < -0.39 is 5.82 Å². The highest BCUT2D eigenvalue weighted by Crippen LogP contribution is 2.17. The topological polar surface area (TPSA) is 32.3 Å². The van der Waals surface area contributed by atoms with Crippen LogP contribution in [0.1, 0.15) is 36.5 Å². The number of likely N-dealkylation sites (tertiary alicyclic amines) is 1. The molecule has 0 atom stereocenters. The van der Waals surface area contributed by atoms with Crippen molar-refractivity contribution in [3.05, 3.63) is 34.1 Å². The van der Waals surface area contributed by atoms with Crippen molar-refractivity contribution in [2.75, 3.05) is 19.6 Å². The number of hydrogen-bond acceptors (Lipinski definition) is 2. The Morgan fingerprint density at radius 2 is 2.15 bits per heavy atom. The Morgan fingerprint density at radius 3 is 2.80 bits per heavy atom. The van der Waals surface area contributed by atoms with E-state index in [9.17, 15) is 9.18 Å². The number of halogens is 2. The fourth-order valence-corrected chi connectivity index (χ4v) is 2.91. The van der Waals surface area contributed by atoms with Crippen molar-refractivity contribution >= 4 is 21.8 Å². The lowest BCUT2D eigenvalue weighted by molar-refractivity contribution is 0.0907. The van der Waals surface area contributed by atoms with E-state index in [0.717, 1.165) is 38.9 Å². The minimum atomic E-state index is -0.478. The fourth-order valence-electron chi connectivity index (χ4n) is 2.55. The normalized spacial score (nSPS) is 17.1.